The molecule has 1 aliphatic heterocycles. The number of rotatable bonds is 8. The first-order valence-electron chi connectivity index (χ1n) is 13.4. The topological polar surface area (TPSA) is 141 Å². The van der Waals surface area contributed by atoms with Crippen LogP contribution < -0.4 is 32.1 Å². The molecule has 0 bridgehead atoms. The summed E-state index contributed by atoms with van der Waals surface area (Å²) in [5, 5.41) is 16.9. The smallest absolute Gasteiger partial charge is 0.288 e. The van der Waals surface area contributed by atoms with Crippen LogP contribution in [-0.4, -0.2) is 54.3 Å². The van der Waals surface area contributed by atoms with Crippen LogP contribution in [0.4, 0.5) is 17.2 Å². The van der Waals surface area contributed by atoms with Crippen molar-refractivity contribution in [3.63, 3.8) is 0 Å². The van der Waals surface area contributed by atoms with E-state index in [1.54, 1.807) is 6.20 Å². The molecule has 1 aliphatic rings. The Morgan fingerprint density at radius 3 is 2.51 bits per heavy atom. The molecule has 0 radical (unpaired) electrons. The van der Waals surface area contributed by atoms with Crippen molar-refractivity contribution in [1.82, 2.24) is 25.8 Å². The van der Waals surface area contributed by atoms with Crippen LogP contribution in [-0.2, 0) is 11.0 Å². The van der Waals surface area contributed by atoms with Crippen LogP contribution in [0.5, 0.6) is 0 Å². The van der Waals surface area contributed by atoms with Crippen molar-refractivity contribution in [2.45, 2.75) is 51.5 Å². The summed E-state index contributed by atoms with van der Waals surface area (Å²) in [4.78, 5) is 32.8. The number of nitrogens with one attached hydrogen (secondary N) is 4. The number of anilines is 3. The monoisotopic (exact) mass is 532 g/mol. The molecule has 1 fully saturated rings. The maximum Gasteiger partial charge on any atom is 0.288 e. The number of nitrogens with two attached hydrogens (primary N) is 1. The lowest BCUT2D eigenvalue weighted by Gasteiger charge is -2.39. The minimum Gasteiger partial charge on any atom is -0.372 e. The number of hydrogen-bond acceptors (Lipinski definition) is 8. The zero-order chi connectivity index (χ0) is 28.2. The minimum atomic E-state index is -0.787. The molecule has 1 aromatic carbocycles. The Kier molecular flexibility index (Phi) is 8.36. The molecule has 0 unspecified atom stereocenters. The molecule has 0 spiro atoms. The van der Waals surface area contributed by atoms with Crippen molar-refractivity contribution >= 4 is 23.1 Å². The van der Waals surface area contributed by atoms with Gasteiger partial charge in [-0.25, -0.2) is 10.1 Å². The van der Waals surface area contributed by atoms with E-state index in [4.69, 9.17) is 5.73 Å². The summed E-state index contributed by atoms with van der Waals surface area (Å²) in [6.07, 6.45) is 3.28. The summed E-state index contributed by atoms with van der Waals surface area (Å²) in [6.45, 7) is 10.9. The molecular formula is C29H40N8O2. The van der Waals surface area contributed by atoms with Crippen LogP contribution in [0.25, 0.3) is 0 Å². The molecule has 4 rings (SSSR count). The Balaban J connectivity index is 1.63. The van der Waals surface area contributed by atoms with E-state index in [2.05, 4.69) is 51.9 Å². The number of H-pyrrole nitrogens is 1. The standard InChI is InChI=1S/C29H40N8O2/c1-19-24(33-23-12-11-22(17-32-23)37(5)16-14-30)27(39)36-35-25(19)29(13-6-15-31-18-29)34-26(38)20-7-9-21(10-8-20)28(2,3)4/h7-12,17,31H,6,13-16,18,30H2,1-5H3,(H,34,38)(H,36,39)(H,32,33,35)/t29-/m1/s1. The number of hydrogen-bond donors (Lipinski definition) is 5. The molecular weight excluding hydrogens is 492 g/mol. The minimum absolute atomic E-state index is 0.000565. The second kappa shape index (κ2) is 11.5. The lowest BCUT2D eigenvalue weighted by Crippen LogP contribution is -2.56. The first-order chi connectivity index (χ1) is 18.5. The molecule has 208 valence electrons. The van der Waals surface area contributed by atoms with Crippen molar-refractivity contribution in [2.75, 3.05) is 43.4 Å². The number of likely N-dealkylation sites (N-methyl/N-ethyl adjacent to an activating group) is 1. The molecule has 3 heterocycles. The van der Waals surface area contributed by atoms with E-state index in [1.165, 1.54) is 0 Å². The van der Waals surface area contributed by atoms with Gasteiger partial charge in [-0.05, 0) is 61.6 Å². The molecule has 3 aromatic rings. The van der Waals surface area contributed by atoms with Gasteiger partial charge in [0.15, 0.2) is 0 Å². The maximum atomic E-state index is 13.5. The molecule has 1 amide bonds. The highest BCUT2D eigenvalue weighted by atomic mass is 16.2. The second-order valence-corrected chi connectivity index (χ2v) is 11.3. The van der Waals surface area contributed by atoms with Crippen molar-refractivity contribution in [3.8, 4) is 0 Å². The number of nitrogens with zero attached hydrogens (tertiary/aromatic N) is 3. The number of carbonyl (C=O) groups is 1. The van der Waals surface area contributed by atoms with Gasteiger partial charge in [0, 0.05) is 37.8 Å². The highest BCUT2D eigenvalue weighted by Crippen LogP contribution is 2.32. The highest BCUT2D eigenvalue weighted by molar-refractivity contribution is 5.95. The molecule has 10 nitrogen and oxygen atoms in total. The zero-order valence-electron chi connectivity index (χ0n) is 23.5. The average Bonchev–Trinajstić information content (AvgIpc) is 2.91. The van der Waals surface area contributed by atoms with Gasteiger partial charge < -0.3 is 26.6 Å². The Morgan fingerprint density at radius 1 is 1.18 bits per heavy atom. The number of amides is 1. The van der Waals surface area contributed by atoms with E-state index in [9.17, 15) is 9.59 Å². The van der Waals surface area contributed by atoms with E-state index in [-0.39, 0.29) is 16.9 Å². The van der Waals surface area contributed by atoms with E-state index in [1.807, 2.05) is 55.3 Å². The van der Waals surface area contributed by atoms with Crippen molar-refractivity contribution in [2.24, 2.45) is 5.73 Å². The first-order valence-corrected chi connectivity index (χ1v) is 13.4. The second-order valence-electron chi connectivity index (χ2n) is 11.3. The normalized spacial score (nSPS) is 17.5. The number of pyridine rings is 1. The number of benzene rings is 1. The van der Waals surface area contributed by atoms with E-state index in [0.717, 1.165) is 24.2 Å². The highest BCUT2D eigenvalue weighted by Gasteiger charge is 2.39. The van der Waals surface area contributed by atoms with Crippen LogP contribution in [0.1, 0.15) is 60.8 Å². The number of aromatic amines is 1. The fraction of sp³-hybridized carbons (Fsp3) is 0.448. The predicted octanol–water partition coefficient (Wildman–Crippen LogP) is 2.92. The molecule has 6 N–H and O–H groups in total. The van der Waals surface area contributed by atoms with Crippen molar-refractivity contribution < 1.29 is 4.79 Å². The Bertz CT molecular complexity index is 1340. The van der Waals surface area contributed by atoms with Crippen LogP contribution in [0.15, 0.2) is 47.4 Å². The summed E-state index contributed by atoms with van der Waals surface area (Å²) < 4.78 is 0. The molecule has 1 saturated heterocycles. The fourth-order valence-electron chi connectivity index (χ4n) is 4.97. The van der Waals surface area contributed by atoms with Gasteiger partial charge in [0.2, 0.25) is 0 Å². The van der Waals surface area contributed by atoms with E-state index in [0.29, 0.717) is 54.4 Å². The SMILES string of the molecule is Cc1c([C@@]2(NC(=O)c3ccc(C(C)(C)C)cc3)CCCNC2)n[nH]c(=O)c1Nc1ccc(N(C)CCN)cn1. The largest absolute Gasteiger partial charge is 0.372 e. The lowest BCUT2D eigenvalue weighted by molar-refractivity contribution is 0.0872. The maximum absolute atomic E-state index is 13.5. The summed E-state index contributed by atoms with van der Waals surface area (Å²) in [7, 11) is 1.95. The van der Waals surface area contributed by atoms with Gasteiger partial charge in [0.05, 0.1) is 23.1 Å². The van der Waals surface area contributed by atoms with Crippen LogP contribution in [0.3, 0.4) is 0 Å². The quantitative estimate of drug-likeness (QED) is 0.298. The van der Waals surface area contributed by atoms with Gasteiger partial charge in [0.1, 0.15) is 11.5 Å². The van der Waals surface area contributed by atoms with Crippen molar-refractivity contribution in [1.29, 1.82) is 0 Å². The Hall–Kier alpha value is -3.76. The Morgan fingerprint density at radius 2 is 1.92 bits per heavy atom. The number of aromatic nitrogens is 3. The van der Waals surface area contributed by atoms with Gasteiger partial charge >= 0.3 is 0 Å². The fourth-order valence-corrected chi connectivity index (χ4v) is 4.97. The molecule has 2 aromatic heterocycles. The average molecular weight is 533 g/mol. The van der Waals surface area contributed by atoms with Gasteiger partial charge in [-0.15, -0.1) is 0 Å². The molecule has 1 atom stereocenters. The van der Waals surface area contributed by atoms with Crippen LogP contribution in [0, 0.1) is 6.92 Å². The molecule has 0 aliphatic carbocycles. The van der Waals surface area contributed by atoms with Crippen LogP contribution in [0.2, 0.25) is 0 Å². The summed E-state index contributed by atoms with van der Waals surface area (Å²) in [6, 6.07) is 11.5. The molecule has 39 heavy (non-hydrogen) atoms. The molecule has 10 heteroatoms. The number of carbonyl (C=O) groups excluding carboxylic acids is 1. The van der Waals surface area contributed by atoms with Gasteiger partial charge in [0.25, 0.3) is 11.5 Å². The summed E-state index contributed by atoms with van der Waals surface area (Å²) in [5.41, 5.74) is 8.82. The van der Waals surface area contributed by atoms with E-state index >= 15 is 0 Å². The number of piperidine rings is 1. The van der Waals surface area contributed by atoms with Gasteiger partial charge in [-0.2, -0.15) is 5.10 Å². The summed E-state index contributed by atoms with van der Waals surface area (Å²) >= 11 is 0. The lowest BCUT2D eigenvalue weighted by atomic mass is 9.83. The third-order valence-electron chi connectivity index (χ3n) is 7.34. The third-order valence-corrected chi connectivity index (χ3v) is 7.34. The van der Waals surface area contributed by atoms with E-state index < -0.39 is 5.54 Å². The van der Waals surface area contributed by atoms with Gasteiger partial charge in [-0.3, -0.25) is 9.59 Å². The Labute approximate surface area is 229 Å². The van der Waals surface area contributed by atoms with Crippen molar-refractivity contribution in [3.05, 3.63) is 75.3 Å². The third kappa shape index (κ3) is 6.29. The van der Waals surface area contributed by atoms with Gasteiger partial charge in [-0.1, -0.05) is 32.9 Å². The van der Waals surface area contributed by atoms with Crippen LogP contribution >= 0.6 is 0 Å². The molecule has 0 saturated carbocycles. The zero-order valence-corrected chi connectivity index (χ0v) is 23.5. The summed E-state index contributed by atoms with van der Waals surface area (Å²) in [5.74, 6) is 0.351. The first kappa shape index (κ1) is 28.3. The predicted molar refractivity (Wildman–Crippen MR) is 156 cm³/mol.